The molecule has 0 fully saturated rings. The number of esters is 4. The number of carbonyl (C=O) groups excluding carboxylic acids is 4. The Morgan fingerprint density at radius 3 is 0.756 bits per heavy atom. The van der Waals surface area contributed by atoms with Gasteiger partial charge < -0.3 is 33.8 Å². The van der Waals surface area contributed by atoms with Crippen molar-refractivity contribution in [3.63, 3.8) is 0 Å². The minimum Gasteiger partial charge on any atom is -0.462 e. The van der Waals surface area contributed by atoms with Crippen LogP contribution in [0.3, 0.4) is 0 Å². The van der Waals surface area contributed by atoms with Gasteiger partial charge in [0.2, 0.25) is 0 Å². The maximum absolute atomic E-state index is 13.0. The van der Waals surface area contributed by atoms with Gasteiger partial charge in [0, 0.05) is 25.7 Å². The summed E-state index contributed by atoms with van der Waals surface area (Å²) in [5.74, 6) is -1.40. The topological polar surface area (TPSA) is 237 Å². The van der Waals surface area contributed by atoms with Crippen molar-refractivity contribution in [1.29, 1.82) is 0 Å². The molecule has 5 atom stereocenters. The Balaban J connectivity index is 5.19. The second-order valence-corrected chi connectivity index (χ2v) is 29.0. The summed E-state index contributed by atoms with van der Waals surface area (Å²) in [5.41, 5.74) is 0. The summed E-state index contributed by atoms with van der Waals surface area (Å²) >= 11 is 0. The normalized spacial score (nSPS) is 14.1. The van der Waals surface area contributed by atoms with E-state index in [1.165, 1.54) is 193 Å². The Hall–Kier alpha value is -1.94. The molecule has 0 aliphatic carbocycles. The molecule has 0 aliphatic heterocycles. The van der Waals surface area contributed by atoms with Gasteiger partial charge in [-0.25, -0.2) is 9.13 Å². The molecule has 0 rings (SSSR count). The molecule has 0 amide bonds. The average Bonchev–Trinajstić information content (AvgIpc) is 2.88. The van der Waals surface area contributed by atoms with Crippen LogP contribution in [-0.4, -0.2) is 96.7 Å². The van der Waals surface area contributed by atoms with Crippen molar-refractivity contribution in [3.05, 3.63) is 0 Å². The number of aliphatic hydroxyl groups excluding tert-OH is 1. The average molecular weight is 1330 g/mol. The standard InChI is InChI=1S/C71H138O17P2/c1-6-9-12-15-18-21-24-25-26-27-28-29-30-31-32-35-42-47-52-57-71(76)88-67(61-82-69(74)55-50-45-40-37-36-38-43-48-53-64(4)5)63-86-90(79,80)84-59-65(72)58-83-89(77,78)85-62-66(87-70(75)56-51-46-41-34-23-20-17-14-11-8-3)60-81-68(73)54-49-44-39-33-22-19-16-13-10-7-2/h64-67,72H,6-63H2,1-5H3,(H,77,78)(H,79,80)/t65-,66+,67+/m0/s1. The summed E-state index contributed by atoms with van der Waals surface area (Å²) < 4.78 is 68.3. The summed E-state index contributed by atoms with van der Waals surface area (Å²) in [4.78, 5) is 72.5. The number of hydrogen-bond acceptors (Lipinski definition) is 15. The molecule has 0 saturated carbocycles. The molecular formula is C71H138O17P2. The molecule has 0 aromatic heterocycles. The maximum atomic E-state index is 13.0. The van der Waals surface area contributed by atoms with Gasteiger partial charge >= 0.3 is 39.5 Å². The van der Waals surface area contributed by atoms with Gasteiger partial charge in [-0.1, -0.05) is 317 Å². The quantitative estimate of drug-likeness (QED) is 0.0222. The lowest BCUT2D eigenvalue weighted by molar-refractivity contribution is -0.161. The zero-order valence-electron chi connectivity index (χ0n) is 58.3. The van der Waals surface area contributed by atoms with Crippen LogP contribution in [0.5, 0.6) is 0 Å². The van der Waals surface area contributed by atoms with E-state index in [-0.39, 0.29) is 25.7 Å². The lowest BCUT2D eigenvalue weighted by Gasteiger charge is -2.21. The van der Waals surface area contributed by atoms with Crippen LogP contribution in [0.4, 0.5) is 0 Å². The van der Waals surface area contributed by atoms with Crippen molar-refractivity contribution < 1.29 is 80.2 Å². The molecule has 534 valence electrons. The molecule has 90 heavy (non-hydrogen) atoms. The van der Waals surface area contributed by atoms with Gasteiger partial charge in [-0.15, -0.1) is 0 Å². The van der Waals surface area contributed by atoms with Crippen molar-refractivity contribution in [1.82, 2.24) is 0 Å². The van der Waals surface area contributed by atoms with Gasteiger partial charge in [-0.3, -0.25) is 37.3 Å². The van der Waals surface area contributed by atoms with Crippen LogP contribution in [0.25, 0.3) is 0 Å². The van der Waals surface area contributed by atoms with Gasteiger partial charge in [0.15, 0.2) is 12.2 Å². The molecule has 0 radical (unpaired) electrons. The van der Waals surface area contributed by atoms with E-state index in [0.717, 1.165) is 95.8 Å². The first-order valence-corrected chi connectivity index (χ1v) is 40.1. The molecule has 0 heterocycles. The highest BCUT2D eigenvalue weighted by Gasteiger charge is 2.30. The van der Waals surface area contributed by atoms with E-state index in [1.807, 2.05) is 0 Å². The minimum absolute atomic E-state index is 0.107. The van der Waals surface area contributed by atoms with Crippen molar-refractivity contribution in [2.75, 3.05) is 39.6 Å². The van der Waals surface area contributed by atoms with E-state index in [0.29, 0.717) is 25.7 Å². The predicted octanol–water partition coefficient (Wildman–Crippen LogP) is 20.5. The molecule has 2 unspecified atom stereocenters. The van der Waals surface area contributed by atoms with Crippen LogP contribution in [0.1, 0.15) is 369 Å². The fraction of sp³-hybridized carbons (Fsp3) is 0.944. The van der Waals surface area contributed by atoms with Crippen LogP contribution in [0.15, 0.2) is 0 Å². The summed E-state index contributed by atoms with van der Waals surface area (Å²) in [7, 11) is -9.90. The van der Waals surface area contributed by atoms with Gasteiger partial charge in [0.05, 0.1) is 26.4 Å². The van der Waals surface area contributed by atoms with Gasteiger partial charge in [-0.2, -0.15) is 0 Å². The molecule has 19 heteroatoms. The third-order valence-corrected chi connectivity index (χ3v) is 18.4. The first-order valence-electron chi connectivity index (χ1n) is 37.1. The first-order chi connectivity index (χ1) is 43.5. The zero-order valence-corrected chi connectivity index (χ0v) is 60.1. The fourth-order valence-electron chi connectivity index (χ4n) is 10.8. The van der Waals surface area contributed by atoms with E-state index in [2.05, 4.69) is 34.6 Å². The molecule has 0 aromatic rings. The summed E-state index contributed by atoms with van der Waals surface area (Å²) in [6.07, 6.45) is 51.4. The number of carbonyl (C=O) groups is 4. The highest BCUT2D eigenvalue weighted by molar-refractivity contribution is 7.47. The number of unbranched alkanes of at least 4 members (excludes halogenated alkanes) is 43. The van der Waals surface area contributed by atoms with Crippen LogP contribution < -0.4 is 0 Å². The van der Waals surface area contributed by atoms with Gasteiger partial charge in [0.1, 0.15) is 19.3 Å². The van der Waals surface area contributed by atoms with E-state index in [9.17, 15) is 43.2 Å². The van der Waals surface area contributed by atoms with E-state index >= 15 is 0 Å². The number of phosphoric acid groups is 2. The van der Waals surface area contributed by atoms with Crippen molar-refractivity contribution in [2.45, 2.75) is 387 Å². The van der Waals surface area contributed by atoms with Crippen LogP contribution in [-0.2, 0) is 65.4 Å². The third kappa shape index (κ3) is 64.8. The molecule has 3 N–H and O–H groups in total. The summed E-state index contributed by atoms with van der Waals surface area (Å²) in [6.45, 7) is 7.20. The Labute approximate surface area is 549 Å². The van der Waals surface area contributed by atoms with E-state index < -0.39 is 97.5 Å². The van der Waals surface area contributed by atoms with Crippen molar-refractivity contribution in [2.24, 2.45) is 5.92 Å². The van der Waals surface area contributed by atoms with Crippen molar-refractivity contribution in [3.8, 4) is 0 Å². The fourth-order valence-corrected chi connectivity index (χ4v) is 12.4. The second kappa shape index (κ2) is 64.4. The smallest absolute Gasteiger partial charge is 0.462 e. The molecule has 0 aliphatic rings. The monoisotopic (exact) mass is 1320 g/mol. The van der Waals surface area contributed by atoms with Crippen LogP contribution in [0, 0.1) is 5.92 Å². The molecule has 17 nitrogen and oxygen atoms in total. The summed E-state index contributed by atoms with van der Waals surface area (Å²) in [5, 5.41) is 10.6. The van der Waals surface area contributed by atoms with E-state index in [4.69, 9.17) is 37.0 Å². The molecule has 0 spiro atoms. The minimum atomic E-state index is -4.95. The van der Waals surface area contributed by atoms with Crippen LogP contribution >= 0.6 is 15.6 Å². The molecule has 0 aromatic carbocycles. The molecule has 0 bridgehead atoms. The largest absolute Gasteiger partial charge is 0.472 e. The third-order valence-electron chi connectivity index (χ3n) is 16.5. The van der Waals surface area contributed by atoms with Gasteiger partial charge in [0.25, 0.3) is 0 Å². The Morgan fingerprint density at radius 1 is 0.300 bits per heavy atom. The lowest BCUT2D eigenvalue weighted by Crippen LogP contribution is -2.30. The van der Waals surface area contributed by atoms with E-state index in [1.54, 1.807) is 0 Å². The number of phosphoric ester groups is 2. The Bertz CT molecular complexity index is 1740. The van der Waals surface area contributed by atoms with Crippen molar-refractivity contribution >= 4 is 39.5 Å². The zero-order chi connectivity index (χ0) is 66.3. The second-order valence-electron chi connectivity index (χ2n) is 26.1. The molecule has 0 saturated heterocycles. The number of aliphatic hydroxyl groups is 1. The summed E-state index contributed by atoms with van der Waals surface area (Å²) in [6, 6.07) is 0. The maximum Gasteiger partial charge on any atom is 0.472 e. The Kier molecular flexibility index (Phi) is 63.0. The Morgan fingerprint density at radius 2 is 0.511 bits per heavy atom. The highest BCUT2D eigenvalue weighted by atomic mass is 31.2. The lowest BCUT2D eigenvalue weighted by atomic mass is 10.0. The predicted molar refractivity (Wildman–Crippen MR) is 363 cm³/mol. The van der Waals surface area contributed by atoms with Gasteiger partial charge in [-0.05, 0) is 31.6 Å². The number of hydrogen-bond donors (Lipinski definition) is 3. The number of rotatable bonds is 71. The SMILES string of the molecule is CCCCCCCCCCCCCCCCCCCCCC(=O)O[C@H](COC(=O)CCCCCCCCCCC(C)C)COP(=O)(O)OC[C@@H](O)COP(=O)(O)OC[C@@H](COC(=O)CCCCCCCCCCCC)OC(=O)CCCCCCCCCCCC. The number of ether oxygens (including phenoxy) is 4. The molecular weight excluding hydrogens is 1190 g/mol. The first kappa shape index (κ1) is 88.1. The highest BCUT2D eigenvalue weighted by Crippen LogP contribution is 2.45. The van der Waals surface area contributed by atoms with Crippen LogP contribution in [0.2, 0.25) is 0 Å².